The highest BCUT2D eigenvalue weighted by atomic mass is 19.4. The number of ether oxygens (including phenoxy) is 1. The third-order valence-corrected chi connectivity index (χ3v) is 2.06. The summed E-state index contributed by atoms with van der Waals surface area (Å²) in [5, 5.41) is 0. The van der Waals surface area contributed by atoms with Crippen molar-refractivity contribution < 1.29 is 26.7 Å². The first-order chi connectivity index (χ1) is 7.38. The maximum atomic E-state index is 13.1. The largest absolute Gasteiger partial charge is 0.473 e. The fourth-order valence-electron chi connectivity index (χ4n) is 1.36. The van der Waals surface area contributed by atoms with E-state index in [1.807, 2.05) is 0 Å². The number of halogens is 5. The van der Waals surface area contributed by atoms with Gasteiger partial charge in [0.1, 0.15) is 5.82 Å². The minimum absolute atomic E-state index is 0.0435. The summed E-state index contributed by atoms with van der Waals surface area (Å²) < 4.78 is 67.1. The Hall–Kier alpha value is -1.59. The van der Waals surface area contributed by atoms with Crippen LogP contribution in [0.4, 0.5) is 22.0 Å². The molecule has 0 bridgehead atoms. The van der Waals surface area contributed by atoms with E-state index in [-0.39, 0.29) is 5.56 Å². The molecule has 1 aliphatic rings. The number of benzene rings is 1. The van der Waals surface area contributed by atoms with Gasteiger partial charge in [-0.15, -0.1) is 0 Å². The summed E-state index contributed by atoms with van der Waals surface area (Å²) in [6, 6.07) is 1.38. The summed E-state index contributed by atoms with van der Waals surface area (Å²) in [6.45, 7) is 0. The molecule has 1 atom stereocenters. The zero-order valence-electron chi connectivity index (χ0n) is 7.68. The van der Waals surface area contributed by atoms with Crippen LogP contribution >= 0.6 is 0 Å². The molecular weight excluding hydrogens is 231 g/mol. The second-order valence-corrected chi connectivity index (χ2v) is 3.25. The van der Waals surface area contributed by atoms with E-state index >= 15 is 0 Å². The van der Waals surface area contributed by atoms with Gasteiger partial charge in [0.15, 0.2) is 11.6 Å². The van der Waals surface area contributed by atoms with Crippen molar-refractivity contribution in [3.8, 4) is 5.75 Å². The van der Waals surface area contributed by atoms with Crippen LogP contribution < -0.4 is 4.74 Å². The summed E-state index contributed by atoms with van der Waals surface area (Å²) in [4.78, 5) is 0. The minimum atomic E-state index is -4.62. The standard InChI is InChI=1S/C10H5F5O/c11-6-3-5-1-2-8(10(13,14)15)16-9(5)7(12)4-6/h1-4,8H/t8-/m0/s1. The molecule has 0 aromatic heterocycles. The van der Waals surface area contributed by atoms with Crippen molar-refractivity contribution in [2.45, 2.75) is 12.3 Å². The molecule has 0 saturated carbocycles. The average Bonchev–Trinajstić information content (AvgIpc) is 2.15. The van der Waals surface area contributed by atoms with Crippen LogP contribution in [0.5, 0.6) is 5.75 Å². The van der Waals surface area contributed by atoms with Gasteiger partial charge in [-0.1, -0.05) is 6.08 Å². The molecule has 0 aliphatic carbocycles. The quantitative estimate of drug-likeness (QED) is 0.628. The molecule has 1 aromatic carbocycles. The van der Waals surface area contributed by atoms with Crippen LogP contribution in [0.1, 0.15) is 5.56 Å². The van der Waals surface area contributed by atoms with Crippen LogP contribution in [0.25, 0.3) is 6.08 Å². The maximum absolute atomic E-state index is 13.1. The van der Waals surface area contributed by atoms with Gasteiger partial charge in [0.2, 0.25) is 6.10 Å². The molecule has 2 rings (SSSR count). The monoisotopic (exact) mass is 236 g/mol. The van der Waals surface area contributed by atoms with Crippen molar-refractivity contribution >= 4 is 6.08 Å². The number of alkyl halides is 3. The Morgan fingerprint density at radius 1 is 1.12 bits per heavy atom. The number of rotatable bonds is 0. The van der Waals surface area contributed by atoms with Crippen LogP contribution in [0.2, 0.25) is 0 Å². The third-order valence-electron chi connectivity index (χ3n) is 2.06. The lowest BCUT2D eigenvalue weighted by Crippen LogP contribution is -2.34. The Morgan fingerprint density at radius 2 is 1.81 bits per heavy atom. The van der Waals surface area contributed by atoms with E-state index < -0.39 is 29.7 Å². The van der Waals surface area contributed by atoms with Gasteiger partial charge in [0.25, 0.3) is 0 Å². The van der Waals surface area contributed by atoms with Crippen LogP contribution in [-0.4, -0.2) is 12.3 Å². The van der Waals surface area contributed by atoms with E-state index in [1.54, 1.807) is 0 Å². The summed E-state index contributed by atoms with van der Waals surface area (Å²) in [6.07, 6.45) is -5.11. The van der Waals surface area contributed by atoms with Gasteiger partial charge < -0.3 is 4.74 Å². The zero-order valence-corrected chi connectivity index (χ0v) is 7.68. The molecule has 16 heavy (non-hydrogen) atoms. The normalized spacial score (nSPS) is 19.2. The highest BCUT2D eigenvalue weighted by Gasteiger charge is 2.42. The molecule has 0 amide bonds. The molecule has 1 aromatic rings. The van der Waals surface area contributed by atoms with Crippen LogP contribution in [0.3, 0.4) is 0 Å². The lowest BCUT2D eigenvalue weighted by atomic mass is 10.1. The van der Waals surface area contributed by atoms with E-state index in [0.717, 1.165) is 12.1 Å². The Morgan fingerprint density at radius 3 is 2.44 bits per heavy atom. The van der Waals surface area contributed by atoms with Gasteiger partial charge in [0, 0.05) is 11.6 Å². The maximum Gasteiger partial charge on any atom is 0.429 e. The van der Waals surface area contributed by atoms with E-state index in [2.05, 4.69) is 4.74 Å². The molecule has 1 heterocycles. The smallest absolute Gasteiger partial charge is 0.429 e. The minimum Gasteiger partial charge on any atom is -0.473 e. The summed E-state index contributed by atoms with van der Waals surface area (Å²) in [5.74, 6) is -2.59. The first kappa shape index (κ1) is 10.9. The average molecular weight is 236 g/mol. The first-order valence-electron chi connectivity index (χ1n) is 4.28. The molecule has 0 unspecified atom stereocenters. The number of hydrogen-bond acceptors (Lipinski definition) is 1. The van der Waals surface area contributed by atoms with Gasteiger partial charge in [-0.3, -0.25) is 0 Å². The lowest BCUT2D eigenvalue weighted by Gasteiger charge is -2.23. The first-order valence-corrected chi connectivity index (χ1v) is 4.28. The van der Waals surface area contributed by atoms with E-state index in [1.165, 1.54) is 0 Å². The molecule has 0 saturated heterocycles. The van der Waals surface area contributed by atoms with E-state index in [0.29, 0.717) is 12.1 Å². The molecule has 0 N–H and O–H groups in total. The lowest BCUT2D eigenvalue weighted by molar-refractivity contribution is -0.180. The molecule has 1 aliphatic heterocycles. The van der Waals surface area contributed by atoms with Crippen molar-refractivity contribution in [2.24, 2.45) is 0 Å². The Labute approximate surface area is 87.1 Å². The SMILES string of the molecule is Fc1cc(F)c2c(c1)C=C[C@@H](C(F)(F)F)O2. The van der Waals surface area contributed by atoms with Gasteiger partial charge in [-0.05, 0) is 12.1 Å². The Balaban J connectivity index is 2.42. The Bertz CT molecular complexity index is 449. The molecule has 86 valence electrons. The highest BCUT2D eigenvalue weighted by molar-refractivity contribution is 5.60. The van der Waals surface area contributed by atoms with E-state index in [4.69, 9.17) is 0 Å². The third kappa shape index (κ3) is 1.87. The molecule has 6 heteroatoms. The Kier molecular flexibility index (Phi) is 2.36. The summed E-state index contributed by atoms with van der Waals surface area (Å²) in [7, 11) is 0. The van der Waals surface area contributed by atoms with Crippen molar-refractivity contribution in [3.05, 3.63) is 35.4 Å². The fraction of sp³-hybridized carbons (Fsp3) is 0.200. The fourth-order valence-corrected chi connectivity index (χ4v) is 1.36. The molecule has 1 nitrogen and oxygen atoms in total. The van der Waals surface area contributed by atoms with Gasteiger partial charge >= 0.3 is 6.18 Å². The van der Waals surface area contributed by atoms with Gasteiger partial charge in [-0.25, -0.2) is 8.78 Å². The zero-order chi connectivity index (χ0) is 11.9. The molecular formula is C10H5F5O. The topological polar surface area (TPSA) is 9.23 Å². The number of fused-ring (bicyclic) bond motifs is 1. The van der Waals surface area contributed by atoms with Crippen molar-refractivity contribution in [1.29, 1.82) is 0 Å². The van der Waals surface area contributed by atoms with Crippen LogP contribution in [0, 0.1) is 11.6 Å². The van der Waals surface area contributed by atoms with Crippen molar-refractivity contribution in [3.63, 3.8) is 0 Å². The molecule has 0 radical (unpaired) electrons. The summed E-state index contributed by atoms with van der Waals surface area (Å²) >= 11 is 0. The van der Waals surface area contributed by atoms with Crippen LogP contribution in [0.15, 0.2) is 18.2 Å². The van der Waals surface area contributed by atoms with Crippen molar-refractivity contribution in [2.75, 3.05) is 0 Å². The van der Waals surface area contributed by atoms with Crippen molar-refractivity contribution in [1.82, 2.24) is 0 Å². The second-order valence-electron chi connectivity index (χ2n) is 3.25. The predicted octanol–water partition coefficient (Wildman–Crippen LogP) is 3.30. The predicted molar refractivity (Wildman–Crippen MR) is 45.9 cm³/mol. The van der Waals surface area contributed by atoms with Crippen LogP contribution in [-0.2, 0) is 0 Å². The van der Waals surface area contributed by atoms with Gasteiger partial charge in [0.05, 0.1) is 0 Å². The van der Waals surface area contributed by atoms with E-state index in [9.17, 15) is 22.0 Å². The summed E-state index contributed by atoms with van der Waals surface area (Å²) in [5.41, 5.74) is -0.0435. The highest BCUT2D eigenvalue weighted by Crippen LogP contribution is 2.35. The number of hydrogen-bond donors (Lipinski definition) is 0. The second kappa shape index (κ2) is 3.47. The molecule has 0 spiro atoms. The molecule has 0 fully saturated rings. The van der Waals surface area contributed by atoms with Gasteiger partial charge in [-0.2, -0.15) is 13.2 Å².